The van der Waals surface area contributed by atoms with Gasteiger partial charge in [-0.05, 0) is 67.4 Å². The smallest absolute Gasteiger partial charge is 0.266 e. The molecule has 0 saturated heterocycles. The van der Waals surface area contributed by atoms with Crippen LogP contribution in [0.2, 0.25) is 0 Å². The zero-order valence-electron chi connectivity index (χ0n) is 19.1. The first-order valence-corrected chi connectivity index (χ1v) is 10.4. The van der Waals surface area contributed by atoms with Crippen LogP contribution < -0.4 is 19.5 Å². The fourth-order valence-electron chi connectivity index (χ4n) is 3.39. The number of ether oxygens (including phenoxy) is 3. The third kappa shape index (κ3) is 6.37. The largest absolute Gasteiger partial charge is 0.497 e. The van der Waals surface area contributed by atoms with Crippen molar-refractivity contribution in [3.63, 3.8) is 0 Å². The number of aryl methyl sites for hydroxylation is 2. The summed E-state index contributed by atoms with van der Waals surface area (Å²) in [6, 6.07) is 20.4. The van der Waals surface area contributed by atoms with Crippen molar-refractivity contribution in [2.75, 3.05) is 19.5 Å². The molecule has 168 valence electrons. The molecule has 3 aromatic carbocycles. The van der Waals surface area contributed by atoms with Crippen molar-refractivity contribution in [2.24, 2.45) is 0 Å². The molecule has 0 fully saturated rings. The molecule has 0 radical (unpaired) electrons. The molecule has 0 aliphatic rings. The van der Waals surface area contributed by atoms with E-state index in [0.717, 1.165) is 5.56 Å². The third-order valence-electron chi connectivity index (χ3n) is 4.89. The summed E-state index contributed by atoms with van der Waals surface area (Å²) >= 11 is 0. The Morgan fingerprint density at radius 3 is 2.24 bits per heavy atom. The lowest BCUT2D eigenvalue weighted by molar-refractivity contribution is -0.112. The molecule has 0 unspecified atom stereocenters. The summed E-state index contributed by atoms with van der Waals surface area (Å²) < 4.78 is 16.5. The van der Waals surface area contributed by atoms with Crippen LogP contribution in [0.1, 0.15) is 22.3 Å². The van der Waals surface area contributed by atoms with Crippen molar-refractivity contribution in [2.45, 2.75) is 20.5 Å². The van der Waals surface area contributed by atoms with Crippen LogP contribution in [0.4, 0.5) is 5.69 Å². The minimum atomic E-state index is -0.503. The highest BCUT2D eigenvalue weighted by Crippen LogP contribution is 2.30. The van der Waals surface area contributed by atoms with Gasteiger partial charge in [0.25, 0.3) is 5.91 Å². The van der Waals surface area contributed by atoms with Gasteiger partial charge in [0.1, 0.15) is 24.0 Å². The van der Waals surface area contributed by atoms with Gasteiger partial charge in [-0.3, -0.25) is 4.79 Å². The van der Waals surface area contributed by atoms with Gasteiger partial charge >= 0.3 is 0 Å². The van der Waals surface area contributed by atoms with Crippen LogP contribution >= 0.6 is 0 Å². The van der Waals surface area contributed by atoms with Crippen molar-refractivity contribution >= 4 is 17.7 Å². The first kappa shape index (κ1) is 23.4. The van der Waals surface area contributed by atoms with E-state index >= 15 is 0 Å². The number of nitrogens with one attached hydrogen (secondary N) is 1. The molecule has 0 bridgehead atoms. The molecule has 0 atom stereocenters. The van der Waals surface area contributed by atoms with Crippen molar-refractivity contribution < 1.29 is 19.0 Å². The number of carbonyl (C=O) groups is 1. The Morgan fingerprint density at radius 1 is 0.939 bits per heavy atom. The van der Waals surface area contributed by atoms with E-state index in [1.54, 1.807) is 56.7 Å². The van der Waals surface area contributed by atoms with Crippen molar-refractivity contribution in [1.29, 1.82) is 5.26 Å². The van der Waals surface area contributed by atoms with Gasteiger partial charge in [-0.2, -0.15) is 5.26 Å². The molecule has 0 spiro atoms. The Balaban J connectivity index is 1.74. The molecule has 6 nitrogen and oxygen atoms in total. The summed E-state index contributed by atoms with van der Waals surface area (Å²) in [4.78, 5) is 12.5. The van der Waals surface area contributed by atoms with E-state index in [9.17, 15) is 10.1 Å². The number of carbonyl (C=O) groups excluding carboxylic acids is 1. The lowest BCUT2D eigenvalue weighted by Crippen LogP contribution is -2.13. The number of hydrogen-bond acceptors (Lipinski definition) is 5. The van der Waals surface area contributed by atoms with Gasteiger partial charge in [0.05, 0.1) is 14.2 Å². The number of benzene rings is 3. The van der Waals surface area contributed by atoms with Crippen LogP contribution in [0.25, 0.3) is 6.08 Å². The average Bonchev–Trinajstić information content (AvgIpc) is 2.81. The summed E-state index contributed by atoms with van der Waals surface area (Å²) in [6.07, 6.45) is 1.51. The molecule has 3 aromatic rings. The van der Waals surface area contributed by atoms with E-state index in [0.29, 0.717) is 35.1 Å². The lowest BCUT2D eigenvalue weighted by Gasteiger charge is -2.12. The van der Waals surface area contributed by atoms with E-state index < -0.39 is 5.91 Å². The Hall–Kier alpha value is -4.24. The van der Waals surface area contributed by atoms with Crippen molar-refractivity contribution in [3.05, 3.63) is 88.5 Å². The predicted molar refractivity (Wildman–Crippen MR) is 128 cm³/mol. The van der Waals surface area contributed by atoms with Gasteiger partial charge in [-0.25, -0.2) is 0 Å². The highest BCUT2D eigenvalue weighted by atomic mass is 16.5. The molecular formula is C27H26N2O4. The average molecular weight is 443 g/mol. The maximum absolute atomic E-state index is 12.5. The van der Waals surface area contributed by atoms with Crippen LogP contribution in [0.5, 0.6) is 17.2 Å². The zero-order valence-corrected chi connectivity index (χ0v) is 19.1. The number of rotatable bonds is 8. The second kappa shape index (κ2) is 10.9. The molecule has 3 rings (SSSR count). The Labute approximate surface area is 194 Å². The second-order valence-corrected chi connectivity index (χ2v) is 7.55. The maximum Gasteiger partial charge on any atom is 0.266 e. The maximum atomic E-state index is 12.5. The van der Waals surface area contributed by atoms with E-state index in [4.69, 9.17) is 14.2 Å². The molecule has 1 N–H and O–H groups in total. The van der Waals surface area contributed by atoms with Crippen molar-refractivity contribution in [3.8, 4) is 23.3 Å². The topological polar surface area (TPSA) is 80.6 Å². The summed E-state index contributed by atoms with van der Waals surface area (Å²) in [5, 5.41) is 12.2. The molecule has 0 aromatic heterocycles. The highest BCUT2D eigenvalue weighted by molar-refractivity contribution is 6.09. The number of hydrogen-bond donors (Lipinski definition) is 1. The Morgan fingerprint density at radius 2 is 1.64 bits per heavy atom. The van der Waals surface area contributed by atoms with E-state index in [2.05, 4.69) is 37.4 Å². The molecule has 6 heteroatoms. The van der Waals surface area contributed by atoms with Gasteiger partial charge in [0.15, 0.2) is 11.5 Å². The fraction of sp³-hybridized carbons (Fsp3) is 0.185. The van der Waals surface area contributed by atoms with Crippen LogP contribution in [0.3, 0.4) is 0 Å². The Bertz CT molecular complexity index is 1190. The monoisotopic (exact) mass is 442 g/mol. The van der Waals surface area contributed by atoms with Gasteiger partial charge in [0, 0.05) is 5.69 Å². The molecule has 0 aliphatic carbocycles. The summed E-state index contributed by atoms with van der Waals surface area (Å²) in [5.41, 5.74) is 4.61. The number of anilines is 1. The standard InChI is InChI=1S/C27H26N2O4/c1-18-11-19(2)13-21(12-18)17-33-25-10-5-20(15-26(25)32-4)14-22(16-28)27(30)29-23-6-8-24(31-3)9-7-23/h5-15H,17H2,1-4H3,(H,29,30)/b22-14+. The molecule has 0 aliphatic heterocycles. The minimum absolute atomic E-state index is 0.0308. The first-order valence-electron chi connectivity index (χ1n) is 10.4. The molecular weight excluding hydrogens is 416 g/mol. The number of nitrogens with zero attached hydrogens (tertiary/aromatic N) is 1. The van der Waals surface area contributed by atoms with Crippen LogP contribution in [0.15, 0.2) is 66.2 Å². The number of amides is 1. The van der Waals surface area contributed by atoms with Gasteiger partial charge < -0.3 is 19.5 Å². The van der Waals surface area contributed by atoms with Gasteiger partial charge in [-0.15, -0.1) is 0 Å². The SMILES string of the molecule is COc1ccc(NC(=O)/C(C#N)=C/c2ccc(OCc3cc(C)cc(C)c3)c(OC)c2)cc1. The van der Waals surface area contributed by atoms with Crippen LogP contribution in [-0.4, -0.2) is 20.1 Å². The fourth-order valence-corrected chi connectivity index (χ4v) is 3.39. The lowest BCUT2D eigenvalue weighted by atomic mass is 10.1. The van der Waals surface area contributed by atoms with Crippen molar-refractivity contribution in [1.82, 2.24) is 0 Å². The van der Waals surface area contributed by atoms with E-state index in [-0.39, 0.29) is 5.57 Å². The predicted octanol–water partition coefficient (Wildman–Crippen LogP) is 5.45. The van der Waals surface area contributed by atoms with Crippen LogP contribution in [0, 0.1) is 25.2 Å². The van der Waals surface area contributed by atoms with Gasteiger partial charge in [-0.1, -0.05) is 35.4 Å². The van der Waals surface area contributed by atoms with E-state index in [1.807, 2.05) is 6.07 Å². The molecule has 0 saturated carbocycles. The zero-order chi connectivity index (χ0) is 23.8. The molecule has 0 heterocycles. The summed E-state index contributed by atoms with van der Waals surface area (Å²) in [7, 11) is 3.12. The second-order valence-electron chi connectivity index (χ2n) is 7.55. The third-order valence-corrected chi connectivity index (χ3v) is 4.89. The molecule has 33 heavy (non-hydrogen) atoms. The number of methoxy groups -OCH3 is 2. The van der Waals surface area contributed by atoms with Gasteiger partial charge in [0.2, 0.25) is 0 Å². The van der Waals surface area contributed by atoms with E-state index in [1.165, 1.54) is 17.2 Å². The summed E-state index contributed by atoms with van der Waals surface area (Å²) in [5.74, 6) is 1.27. The Kier molecular flexibility index (Phi) is 7.72. The minimum Gasteiger partial charge on any atom is -0.497 e. The summed E-state index contributed by atoms with van der Waals surface area (Å²) in [6.45, 7) is 4.51. The quantitative estimate of drug-likeness (QED) is 0.371. The first-order chi connectivity index (χ1) is 15.9. The molecule has 1 amide bonds. The van der Waals surface area contributed by atoms with Crippen LogP contribution in [-0.2, 0) is 11.4 Å². The normalized spacial score (nSPS) is 10.8. The highest BCUT2D eigenvalue weighted by Gasteiger charge is 2.12. The number of nitriles is 1.